The zero-order valence-corrected chi connectivity index (χ0v) is 11.3. The predicted molar refractivity (Wildman–Crippen MR) is 77.3 cm³/mol. The highest BCUT2D eigenvalue weighted by Crippen LogP contribution is 2.27. The van der Waals surface area contributed by atoms with Crippen LogP contribution < -0.4 is 10.2 Å². The lowest BCUT2D eigenvalue weighted by molar-refractivity contribution is -0.115. The number of halogens is 2. The molecule has 0 saturated carbocycles. The standard InChI is InChI=1S/C16H14F2N2O/c17-12-5-3-6-13(18)16(12)19-15(21)10-20-9-8-11-4-1-2-7-14(11)20/h1-7H,8-10H2,(H,19,21). The lowest BCUT2D eigenvalue weighted by atomic mass is 10.2. The molecule has 108 valence electrons. The summed E-state index contributed by atoms with van der Waals surface area (Å²) in [6.07, 6.45) is 0.873. The summed E-state index contributed by atoms with van der Waals surface area (Å²) >= 11 is 0. The van der Waals surface area contributed by atoms with Gasteiger partial charge in [-0.05, 0) is 30.2 Å². The number of fused-ring (bicyclic) bond motifs is 1. The highest BCUT2D eigenvalue weighted by Gasteiger charge is 2.21. The summed E-state index contributed by atoms with van der Waals surface area (Å²) in [5.41, 5.74) is 1.79. The average Bonchev–Trinajstić information content (AvgIpc) is 2.87. The number of rotatable bonds is 3. The predicted octanol–water partition coefficient (Wildman–Crippen LogP) is 2.97. The molecule has 1 N–H and O–H groups in total. The highest BCUT2D eigenvalue weighted by atomic mass is 19.1. The molecule has 0 unspecified atom stereocenters. The zero-order valence-electron chi connectivity index (χ0n) is 11.3. The molecule has 1 aliphatic heterocycles. The molecule has 0 aliphatic carbocycles. The van der Waals surface area contributed by atoms with Crippen LogP contribution >= 0.6 is 0 Å². The minimum Gasteiger partial charge on any atom is -0.362 e. The van der Waals surface area contributed by atoms with Crippen LogP contribution in [0.3, 0.4) is 0 Å². The third kappa shape index (κ3) is 2.72. The van der Waals surface area contributed by atoms with E-state index in [9.17, 15) is 13.6 Å². The van der Waals surface area contributed by atoms with E-state index in [1.165, 1.54) is 11.6 Å². The van der Waals surface area contributed by atoms with Gasteiger partial charge in [0.1, 0.15) is 17.3 Å². The van der Waals surface area contributed by atoms with Gasteiger partial charge < -0.3 is 10.2 Å². The maximum absolute atomic E-state index is 13.5. The van der Waals surface area contributed by atoms with E-state index in [-0.39, 0.29) is 6.54 Å². The van der Waals surface area contributed by atoms with Crippen LogP contribution in [0.15, 0.2) is 42.5 Å². The number of anilines is 2. The molecule has 5 heteroatoms. The normalized spacial score (nSPS) is 13.1. The lowest BCUT2D eigenvalue weighted by Gasteiger charge is -2.19. The molecule has 0 saturated heterocycles. The van der Waals surface area contributed by atoms with E-state index in [4.69, 9.17) is 0 Å². The number of carbonyl (C=O) groups is 1. The van der Waals surface area contributed by atoms with Crippen molar-refractivity contribution in [1.29, 1.82) is 0 Å². The largest absolute Gasteiger partial charge is 0.362 e. The maximum atomic E-state index is 13.5. The summed E-state index contributed by atoms with van der Waals surface area (Å²) in [5.74, 6) is -1.98. The van der Waals surface area contributed by atoms with E-state index in [1.54, 1.807) is 0 Å². The molecule has 0 bridgehead atoms. The van der Waals surface area contributed by atoms with Gasteiger partial charge in [-0.1, -0.05) is 24.3 Å². The monoisotopic (exact) mass is 288 g/mol. The second-order valence-electron chi connectivity index (χ2n) is 4.95. The van der Waals surface area contributed by atoms with Crippen LogP contribution in [0.5, 0.6) is 0 Å². The van der Waals surface area contributed by atoms with Gasteiger partial charge in [0.2, 0.25) is 5.91 Å². The van der Waals surface area contributed by atoms with Gasteiger partial charge in [0, 0.05) is 12.2 Å². The minimum atomic E-state index is -0.773. The van der Waals surface area contributed by atoms with Crippen molar-refractivity contribution >= 4 is 17.3 Å². The molecule has 0 spiro atoms. The van der Waals surface area contributed by atoms with E-state index in [0.717, 1.165) is 30.8 Å². The number of para-hydroxylation sites is 2. The van der Waals surface area contributed by atoms with Crippen molar-refractivity contribution in [2.24, 2.45) is 0 Å². The van der Waals surface area contributed by atoms with E-state index >= 15 is 0 Å². The lowest BCUT2D eigenvalue weighted by Crippen LogP contribution is -2.32. The van der Waals surface area contributed by atoms with Crippen LogP contribution in [0.25, 0.3) is 0 Å². The Labute approximate surface area is 121 Å². The molecule has 0 radical (unpaired) electrons. The van der Waals surface area contributed by atoms with E-state index in [1.807, 2.05) is 29.2 Å². The number of hydrogen-bond acceptors (Lipinski definition) is 2. The van der Waals surface area contributed by atoms with Crippen molar-refractivity contribution < 1.29 is 13.6 Å². The molecule has 3 rings (SSSR count). The molecule has 1 amide bonds. The minimum absolute atomic E-state index is 0.0742. The van der Waals surface area contributed by atoms with Crippen LogP contribution in [0.2, 0.25) is 0 Å². The first-order chi connectivity index (χ1) is 10.1. The van der Waals surface area contributed by atoms with Crippen LogP contribution in [0.1, 0.15) is 5.56 Å². The number of nitrogens with zero attached hydrogens (tertiary/aromatic N) is 1. The Morgan fingerprint density at radius 2 is 1.81 bits per heavy atom. The van der Waals surface area contributed by atoms with Crippen LogP contribution in [-0.2, 0) is 11.2 Å². The number of amides is 1. The second kappa shape index (κ2) is 5.52. The highest BCUT2D eigenvalue weighted by molar-refractivity contribution is 5.94. The molecule has 3 nitrogen and oxygen atoms in total. The SMILES string of the molecule is O=C(CN1CCc2ccccc21)Nc1c(F)cccc1F. The quantitative estimate of drug-likeness (QED) is 0.941. The Hall–Kier alpha value is -2.43. The maximum Gasteiger partial charge on any atom is 0.244 e. The van der Waals surface area contributed by atoms with Gasteiger partial charge in [-0.25, -0.2) is 8.78 Å². The van der Waals surface area contributed by atoms with Crippen molar-refractivity contribution in [2.45, 2.75) is 6.42 Å². The molecule has 0 aromatic heterocycles. The van der Waals surface area contributed by atoms with E-state index in [0.29, 0.717) is 0 Å². The summed E-state index contributed by atoms with van der Waals surface area (Å²) in [4.78, 5) is 13.9. The summed E-state index contributed by atoms with van der Waals surface area (Å²) in [5, 5.41) is 2.31. The molecule has 21 heavy (non-hydrogen) atoms. The number of nitrogens with one attached hydrogen (secondary N) is 1. The number of carbonyl (C=O) groups excluding carboxylic acids is 1. The van der Waals surface area contributed by atoms with Crippen molar-refractivity contribution in [2.75, 3.05) is 23.3 Å². The zero-order chi connectivity index (χ0) is 14.8. The van der Waals surface area contributed by atoms with Crippen molar-refractivity contribution in [1.82, 2.24) is 0 Å². The smallest absolute Gasteiger partial charge is 0.244 e. The fourth-order valence-corrected chi connectivity index (χ4v) is 2.54. The summed E-state index contributed by atoms with van der Waals surface area (Å²) < 4.78 is 27.0. The Bertz CT molecular complexity index is 667. The molecule has 2 aromatic rings. The second-order valence-corrected chi connectivity index (χ2v) is 4.95. The van der Waals surface area contributed by atoms with Crippen molar-refractivity contribution in [3.63, 3.8) is 0 Å². The average molecular weight is 288 g/mol. The first-order valence-electron chi connectivity index (χ1n) is 6.72. The number of hydrogen-bond donors (Lipinski definition) is 1. The number of benzene rings is 2. The fourth-order valence-electron chi connectivity index (χ4n) is 2.54. The Morgan fingerprint density at radius 1 is 1.10 bits per heavy atom. The summed E-state index contributed by atoms with van der Waals surface area (Å²) in [6, 6.07) is 11.3. The molecule has 1 heterocycles. The molecule has 0 fully saturated rings. The van der Waals surface area contributed by atoms with E-state index < -0.39 is 23.2 Å². The third-order valence-corrected chi connectivity index (χ3v) is 3.55. The fraction of sp³-hybridized carbons (Fsp3) is 0.188. The van der Waals surface area contributed by atoms with Gasteiger partial charge in [-0.2, -0.15) is 0 Å². The van der Waals surface area contributed by atoms with Gasteiger partial charge in [0.15, 0.2) is 0 Å². The van der Waals surface area contributed by atoms with E-state index in [2.05, 4.69) is 5.32 Å². The van der Waals surface area contributed by atoms with Gasteiger partial charge >= 0.3 is 0 Å². The van der Waals surface area contributed by atoms with Gasteiger partial charge in [-0.15, -0.1) is 0 Å². The van der Waals surface area contributed by atoms with Crippen molar-refractivity contribution in [3.8, 4) is 0 Å². The van der Waals surface area contributed by atoms with Gasteiger partial charge in [0.05, 0.1) is 6.54 Å². The van der Waals surface area contributed by atoms with Gasteiger partial charge in [-0.3, -0.25) is 4.79 Å². The van der Waals surface area contributed by atoms with Crippen LogP contribution in [0.4, 0.5) is 20.2 Å². The summed E-state index contributed by atoms with van der Waals surface area (Å²) in [6.45, 7) is 0.803. The van der Waals surface area contributed by atoms with Crippen LogP contribution in [-0.4, -0.2) is 19.0 Å². The molecule has 1 aliphatic rings. The Balaban J connectivity index is 1.71. The Morgan fingerprint density at radius 3 is 2.57 bits per heavy atom. The molecule has 0 atom stereocenters. The molecule has 2 aromatic carbocycles. The first-order valence-corrected chi connectivity index (χ1v) is 6.72. The topological polar surface area (TPSA) is 32.3 Å². The van der Waals surface area contributed by atoms with Crippen LogP contribution in [0, 0.1) is 11.6 Å². The first kappa shape index (κ1) is 13.5. The molecular formula is C16H14F2N2O. The summed E-state index contributed by atoms with van der Waals surface area (Å²) in [7, 11) is 0. The molecular weight excluding hydrogens is 274 g/mol. The Kier molecular flexibility index (Phi) is 3.56. The third-order valence-electron chi connectivity index (χ3n) is 3.55. The van der Waals surface area contributed by atoms with Crippen molar-refractivity contribution in [3.05, 3.63) is 59.7 Å². The van der Waals surface area contributed by atoms with Gasteiger partial charge in [0.25, 0.3) is 0 Å².